The molecule has 0 unspecified atom stereocenters. The van der Waals surface area contributed by atoms with Crippen molar-refractivity contribution in [1.82, 2.24) is 47.9 Å². The molecule has 0 saturated heterocycles. The highest BCUT2D eigenvalue weighted by Crippen LogP contribution is 2.13. The van der Waals surface area contributed by atoms with Gasteiger partial charge in [0.25, 0.3) is 0 Å². The van der Waals surface area contributed by atoms with Gasteiger partial charge in [0.05, 0.1) is 38.2 Å². The van der Waals surface area contributed by atoms with Gasteiger partial charge in [-0.25, -0.2) is 4.79 Å². The van der Waals surface area contributed by atoms with Crippen molar-refractivity contribution in [3.05, 3.63) is 0 Å². The second-order valence-electron chi connectivity index (χ2n) is 19.2. The summed E-state index contributed by atoms with van der Waals surface area (Å²) < 4.78 is 0. The number of hydrogen-bond acceptors (Lipinski definition) is 19. The number of primary amides is 3. The van der Waals surface area contributed by atoms with Crippen LogP contribution in [0.2, 0.25) is 0 Å². The standard InChI is InChI=1S/C47H78N14O21/c1-6-19(3)36(45(79)58-27(17-33(68)69)41(75)53-22(11-12-32(66)67)38(72)54-23(47(81)82)10-8-9-13-48)60-43(77)26(16-31(51)65)57-40(74)24(14-29(49)63)55-39(73)25(15-30(50)64)56-42(76)28(18-34(70)71)59-46(80)37(20(4)7-2)61-44(78)35(52)21(5)62/h19-28,35-37,62H,6-18,48,52H2,1-5H3,(H2,49,63)(H2,50,64)(H2,51,65)(H,53,75)(H,54,72)(H,55,73)(H,56,76)(H,57,74)(H,58,79)(H,59,80)(H,60,77)(H,61,78)(H,66,67)(H,68,69)(H,70,71)(H,81,82)/t19-,20-,21+,22-,23-,24-,25-,26-,27-,28-,35-,36-,37-/m0/s1. The molecule has 24 N–H and O–H groups in total. The molecule has 0 aliphatic heterocycles. The molecule has 0 fully saturated rings. The molecule has 0 spiro atoms. The van der Waals surface area contributed by atoms with E-state index in [1.54, 1.807) is 6.92 Å². The number of nitrogens with one attached hydrogen (secondary N) is 9. The molecule has 0 radical (unpaired) electrons. The lowest BCUT2D eigenvalue weighted by atomic mass is 9.97. The zero-order valence-corrected chi connectivity index (χ0v) is 45.9. The Balaban J connectivity index is 6.89. The van der Waals surface area contributed by atoms with Crippen LogP contribution in [0.1, 0.15) is 112 Å². The number of aliphatic hydroxyl groups excluding tert-OH is 1. The third kappa shape index (κ3) is 27.5. The molecule has 0 aliphatic carbocycles. The van der Waals surface area contributed by atoms with Crippen molar-refractivity contribution >= 4 is 94.8 Å². The highest BCUT2D eigenvalue weighted by atomic mass is 16.4. The van der Waals surface area contributed by atoms with Gasteiger partial charge in [-0.15, -0.1) is 0 Å². The number of aliphatic hydroxyl groups is 1. The third-order valence-electron chi connectivity index (χ3n) is 12.4. The van der Waals surface area contributed by atoms with E-state index in [0.717, 1.165) is 0 Å². The molecule has 12 amide bonds. The van der Waals surface area contributed by atoms with Crippen molar-refractivity contribution in [2.75, 3.05) is 6.54 Å². The van der Waals surface area contributed by atoms with Crippen molar-refractivity contribution in [1.29, 1.82) is 0 Å². The first-order chi connectivity index (χ1) is 38.1. The second kappa shape index (κ2) is 36.6. The Morgan fingerprint density at radius 1 is 0.390 bits per heavy atom. The van der Waals surface area contributed by atoms with E-state index in [2.05, 4.69) is 37.2 Å². The van der Waals surface area contributed by atoms with Crippen LogP contribution in [0, 0.1) is 11.8 Å². The predicted octanol–water partition coefficient (Wildman–Crippen LogP) is -8.20. The monoisotopic (exact) mass is 1170 g/mol. The molecular formula is C47H78N14O21. The van der Waals surface area contributed by atoms with E-state index in [1.165, 1.54) is 27.7 Å². The van der Waals surface area contributed by atoms with E-state index >= 15 is 0 Å². The maximum Gasteiger partial charge on any atom is 0.326 e. The molecule has 13 atom stereocenters. The minimum atomic E-state index is -2.15. The molecule has 0 saturated carbocycles. The zero-order chi connectivity index (χ0) is 63.3. The van der Waals surface area contributed by atoms with Gasteiger partial charge in [0, 0.05) is 6.42 Å². The number of aliphatic carboxylic acids is 4. The minimum Gasteiger partial charge on any atom is -0.481 e. The molecule has 0 aromatic carbocycles. The van der Waals surface area contributed by atoms with E-state index in [-0.39, 0.29) is 32.2 Å². The zero-order valence-electron chi connectivity index (χ0n) is 45.9. The highest BCUT2D eigenvalue weighted by Gasteiger charge is 2.39. The fraction of sp³-hybridized carbons (Fsp3) is 0.660. The Bertz CT molecular complexity index is 2340. The minimum absolute atomic E-state index is 0.0460. The number of carbonyl (C=O) groups excluding carboxylic acids is 12. The van der Waals surface area contributed by atoms with Crippen LogP contribution >= 0.6 is 0 Å². The number of unbranched alkanes of at least 4 members (excludes halogenated alkanes) is 1. The van der Waals surface area contributed by atoms with Gasteiger partial charge in [-0.2, -0.15) is 0 Å². The van der Waals surface area contributed by atoms with Gasteiger partial charge in [0.1, 0.15) is 60.4 Å². The molecular weight excluding hydrogens is 1100 g/mol. The smallest absolute Gasteiger partial charge is 0.326 e. The summed E-state index contributed by atoms with van der Waals surface area (Å²) in [6, 6.07) is -18.6. The Morgan fingerprint density at radius 2 is 0.695 bits per heavy atom. The van der Waals surface area contributed by atoms with Gasteiger partial charge in [-0.05, 0) is 51.0 Å². The molecule has 0 bridgehead atoms. The SMILES string of the molecule is CC[C@H](C)[C@H](NC(=O)[C@H](CC(N)=O)NC(=O)[C@H](CC(N)=O)NC(=O)[C@H](CC(N)=O)NC(=O)[C@H](CC(=O)O)NC(=O)[C@@H](NC(=O)[C@@H](N)[C@@H](C)O)[C@@H](C)CC)C(=O)N[C@@H](CC(=O)O)C(=O)N[C@@H](CCC(=O)O)C(=O)N[C@@H](CCCCN)C(=O)O. The van der Waals surface area contributed by atoms with E-state index < -0.39 is 218 Å². The molecule has 0 aliphatic rings. The first-order valence-corrected chi connectivity index (χ1v) is 25.7. The molecule has 462 valence electrons. The van der Waals surface area contributed by atoms with Gasteiger partial charge < -0.3 is 102 Å². The summed E-state index contributed by atoms with van der Waals surface area (Å²) in [5, 5.41) is 67.2. The van der Waals surface area contributed by atoms with E-state index in [9.17, 15) is 102 Å². The summed E-state index contributed by atoms with van der Waals surface area (Å²) in [4.78, 5) is 206. The van der Waals surface area contributed by atoms with Gasteiger partial charge in [0.2, 0.25) is 70.9 Å². The van der Waals surface area contributed by atoms with E-state index in [0.29, 0.717) is 6.42 Å². The van der Waals surface area contributed by atoms with Crippen LogP contribution in [0.15, 0.2) is 0 Å². The quantitative estimate of drug-likeness (QED) is 0.0253. The Labute approximate surface area is 469 Å². The van der Waals surface area contributed by atoms with Crippen molar-refractivity contribution in [3.8, 4) is 0 Å². The molecule has 82 heavy (non-hydrogen) atoms. The normalized spacial score (nSPS) is 15.7. The first kappa shape index (κ1) is 73.4. The summed E-state index contributed by atoms with van der Waals surface area (Å²) in [5.41, 5.74) is 27.2. The highest BCUT2D eigenvalue weighted by molar-refractivity contribution is 6.02. The van der Waals surface area contributed by atoms with Crippen LogP contribution in [-0.4, -0.2) is 193 Å². The molecule has 0 aromatic rings. The average molecular weight is 1180 g/mol. The number of amides is 12. The summed E-state index contributed by atoms with van der Waals surface area (Å²) in [5.74, 6) is -23.6. The fourth-order valence-corrected chi connectivity index (χ4v) is 7.30. The number of carboxylic acid groups (broad SMARTS) is 4. The molecule has 35 heteroatoms. The third-order valence-corrected chi connectivity index (χ3v) is 12.4. The largest absolute Gasteiger partial charge is 0.481 e. The predicted molar refractivity (Wildman–Crippen MR) is 279 cm³/mol. The lowest BCUT2D eigenvalue weighted by Crippen LogP contribution is -2.62. The topological polar surface area (TPSA) is 613 Å². The van der Waals surface area contributed by atoms with Gasteiger partial charge >= 0.3 is 23.9 Å². The summed E-state index contributed by atoms with van der Waals surface area (Å²) >= 11 is 0. The van der Waals surface area contributed by atoms with Crippen LogP contribution in [-0.2, 0) is 76.7 Å². The summed E-state index contributed by atoms with van der Waals surface area (Å²) in [6.45, 7) is 7.41. The Kier molecular flexibility index (Phi) is 32.8. The van der Waals surface area contributed by atoms with Crippen LogP contribution in [0.4, 0.5) is 0 Å². The molecule has 0 rings (SSSR count). The lowest BCUT2D eigenvalue weighted by Gasteiger charge is -2.29. The van der Waals surface area contributed by atoms with Crippen molar-refractivity contribution in [3.63, 3.8) is 0 Å². The van der Waals surface area contributed by atoms with E-state index in [1.807, 2.05) is 10.6 Å². The number of nitrogens with two attached hydrogens (primary N) is 5. The van der Waals surface area contributed by atoms with Gasteiger partial charge in [0.15, 0.2) is 0 Å². The fourth-order valence-electron chi connectivity index (χ4n) is 7.30. The van der Waals surface area contributed by atoms with Gasteiger partial charge in [-0.1, -0.05) is 40.5 Å². The molecule has 0 aromatic heterocycles. The van der Waals surface area contributed by atoms with Gasteiger partial charge in [-0.3, -0.25) is 71.9 Å². The maximum absolute atomic E-state index is 13.9. The number of carbonyl (C=O) groups is 16. The van der Waals surface area contributed by atoms with Crippen LogP contribution in [0.3, 0.4) is 0 Å². The number of hydrogen-bond donors (Lipinski definition) is 19. The van der Waals surface area contributed by atoms with Crippen molar-refractivity contribution in [2.45, 2.75) is 178 Å². The Morgan fingerprint density at radius 3 is 1.00 bits per heavy atom. The molecule has 0 heterocycles. The van der Waals surface area contributed by atoms with Crippen molar-refractivity contribution < 1.29 is 102 Å². The van der Waals surface area contributed by atoms with Crippen molar-refractivity contribution in [2.24, 2.45) is 40.5 Å². The summed E-state index contributed by atoms with van der Waals surface area (Å²) in [7, 11) is 0. The average Bonchev–Trinajstić information content (AvgIpc) is 3.38. The first-order valence-electron chi connectivity index (χ1n) is 25.7. The second-order valence-corrected chi connectivity index (χ2v) is 19.2. The summed E-state index contributed by atoms with van der Waals surface area (Å²) in [6.07, 6.45) is -7.65. The van der Waals surface area contributed by atoms with Crippen LogP contribution in [0.25, 0.3) is 0 Å². The Hall–Kier alpha value is -8.60. The number of carboxylic acids is 4. The number of rotatable bonds is 41. The molecule has 35 nitrogen and oxygen atoms in total. The van der Waals surface area contributed by atoms with Crippen LogP contribution < -0.4 is 76.5 Å². The van der Waals surface area contributed by atoms with Crippen LogP contribution in [0.5, 0.6) is 0 Å². The maximum atomic E-state index is 13.9. The van der Waals surface area contributed by atoms with E-state index in [4.69, 9.17) is 28.7 Å². The lowest BCUT2D eigenvalue weighted by molar-refractivity contribution is -0.144.